The summed E-state index contributed by atoms with van der Waals surface area (Å²) in [7, 11) is 0. The number of hydrogen-bond acceptors (Lipinski definition) is 2. The van der Waals surface area contributed by atoms with Crippen LogP contribution in [0, 0.1) is 5.82 Å². The molecule has 1 N–H and O–H groups in total. The second kappa shape index (κ2) is 4.51. The van der Waals surface area contributed by atoms with Gasteiger partial charge < -0.3 is 4.98 Å². The smallest absolute Gasteiger partial charge is 0.259 e. The highest BCUT2D eigenvalue weighted by Gasteiger charge is 2.11. The molecule has 6 heteroatoms. The van der Waals surface area contributed by atoms with Gasteiger partial charge in [0, 0.05) is 16.8 Å². The Morgan fingerprint density at radius 3 is 3.00 bits per heavy atom. The van der Waals surface area contributed by atoms with Gasteiger partial charge in [-0.15, -0.1) is 0 Å². The van der Waals surface area contributed by atoms with Gasteiger partial charge in [0.2, 0.25) is 0 Å². The molecule has 0 atom stereocenters. The van der Waals surface area contributed by atoms with E-state index in [-0.39, 0.29) is 17.9 Å². The van der Waals surface area contributed by atoms with Crippen LogP contribution in [0.1, 0.15) is 5.56 Å². The lowest BCUT2D eigenvalue weighted by Crippen LogP contribution is -2.07. The number of pyridine rings is 1. The third-order valence-corrected chi connectivity index (χ3v) is 3.30. The predicted molar refractivity (Wildman–Crippen MR) is 70.9 cm³/mol. The summed E-state index contributed by atoms with van der Waals surface area (Å²) in [5.74, 6) is -0.388. The van der Waals surface area contributed by atoms with Gasteiger partial charge in [-0.1, -0.05) is 17.7 Å². The number of halogens is 2. The fourth-order valence-electron chi connectivity index (χ4n) is 1.98. The van der Waals surface area contributed by atoms with E-state index in [9.17, 15) is 9.18 Å². The van der Waals surface area contributed by atoms with E-state index in [1.165, 1.54) is 18.5 Å². The summed E-state index contributed by atoms with van der Waals surface area (Å²) in [5.41, 5.74) is 0.779. The second-order valence-electron chi connectivity index (χ2n) is 4.11. The first kappa shape index (κ1) is 11.9. The number of H-pyrrole nitrogens is 1. The Balaban J connectivity index is 2.12. The summed E-state index contributed by atoms with van der Waals surface area (Å²) in [4.78, 5) is 14.1. The molecule has 0 bridgehead atoms. The summed E-state index contributed by atoms with van der Waals surface area (Å²) < 4.78 is 15.3. The summed E-state index contributed by atoms with van der Waals surface area (Å²) in [6.45, 7) is 0.179. The van der Waals surface area contributed by atoms with Crippen LogP contribution < -0.4 is 5.56 Å². The number of fused-ring (bicyclic) bond motifs is 1. The van der Waals surface area contributed by atoms with Crippen LogP contribution in [0.2, 0.25) is 5.02 Å². The lowest BCUT2D eigenvalue weighted by atomic mass is 10.2. The van der Waals surface area contributed by atoms with Crippen LogP contribution in [0.3, 0.4) is 0 Å². The Hall–Kier alpha value is -2.14. The number of rotatable bonds is 2. The van der Waals surface area contributed by atoms with E-state index >= 15 is 0 Å². The van der Waals surface area contributed by atoms with Gasteiger partial charge in [0.25, 0.3) is 5.56 Å². The predicted octanol–water partition coefficient (Wildman–Crippen LogP) is 2.57. The van der Waals surface area contributed by atoms with Gasteiger partial charge in [0.1, 0.15) is 5.82 Å². The van der Waals surface area contributed by atoms with Crippen molar-refractivity contribution in [2.75, 3.05) is 0 Å². The molecule has 0 amide bonds. The third kappa shape index (κ3) is 2.02. The average Bonchev–Trinajstić information content (AvgIpc) is 2.79. The maximum Gasteiger partial charge on any atom is 0.259 e. The van der Waals surface area contributed by atoms with E-state index in [4.69, 9.17) is 11.6 Å². The molecule has 0 saturated carbocycles. The molecule has 0 aliphatic heterocycles. The van der Waals surface area contributed by atoms with E-state index in [1.807, 2.05) is 0 Å². The Morgan fingerprint density at radius 2 is 2.21 bits per heavy atom. The standard InChI is InChI=1S/C13H9ClFN3O/c14-10-2-1-3-11(15)9(10)7-18-12-4-5-16-13(19)8(12)6-17-18/h1-6H,7H2,(H,16,19). The Labute approximate surface area is 112 Å². The zero-order chi connectivity index (χ0) is 13.4. The van der Waals surface area contributed by atoms with Crippen LogP contribution in [-0.4, -0.2) is 14.8 Å². The molecule has 0 fully saturated rings. The van der Waals surface area contributed by atoms with Crippen molar-refractivity contribution in [1.82, 2.24) is 14.8 Å². The largest absolute Gasteiger partial charge is 0.328 e. The van der Waals surface area contributed by atoms with Gasteiger partial charge in [0.05, 0.1) is 23.6 Å². The summed E-state index contributed by atoms with van der Waals surface area (Å²) in [6, 6.07) is 6.24. The van der Waals surface area contributed by atoms with Gasteiger partial charge in [-0.25, -0.2) is 4.39 Å². The molecule has 19 heavy (non-hydrogen) atoms. The first-order chi connectivity index (χ1) is 9.16. The molecule has 0 saturated heterocycles. The van der Waals surface area contributed by atoms with E-state index in [0.717, 1.165) is 0 Å². The highest BCUT2D eigenvalue weighted by Crippen LogP contribution is 2.21. The van der Waals surface area contributed by atoms with Gasteiger partial charge in [0.15, 0.2) is 0 Å². The van der Waals surface area contributed by atoms with Crippen LogP contribution in [0.15, 0.2) is 41.5 Å². The number of nitrogens with zero attached hydrogens (tertiary/aromatic N) is 2. The van der Waals surface area contributed by atoms with Gasteiger partial charge in [-0.2, -0.15) is 5.10 Å². The quantitative estimate of drug-likeness (QED) is 0.783. The van der Waals surface area contributed by atoms with Crippen LogP contribution in [0.5, 0.6) is 0 Å². The molecule has 0 spiro atoms. The van der Waals surface area contributed by atoms with Crippen molar-refractivity contribution in [3.8, 4) is 0 Å². The van der Waals surface area contributed by atoms with Gasteiger partial charge in [-0.05, 0) is 18.2 Å². The SMILES string of the molecule is O=c1[nH]ccc2c1cnn2Cc1c(F)cccc1Cl. The van der Waals surface area contributed by atoms with Crippen LogP contribution in [0.4, 0.5) is 4.39 Å². The van der Waals surface area contributed by atoms with E-state index < -0.39 is 0 Å². The molecule has 0 unspecified atom stereocenters. The van der Waals surface area contributed by atoms with Crippen molar-refractivity contribution < 1.29 is 4.39 Å². The second-order valence-corrected chi connectivity index (χ2v) is 4.52. The van der Waals surface area contributed by atoms with Gasteiger partial charge in [-0.3, -0.25) is 9.48 Å². The number of benzene rings is 1. The normalized spacial score (nSPS) is 11.1. The first-order valence-electron chi connectivity index (χ1n) is 5.63. The molecule has 2 heterocycles. The summed E-state index contributed by atoms with van der Waals surface area (Å²) >= 11 is 5.98. The zero-order valence-electron chi connectivity index (χ0n) is 9.73. The minimum Gasteiger partial charge on any atom is -0.328 e. The molecule has 4 nitrogen and oxygen atoms in total. The Bertz CT molecular complexity index is 789. The maximum absolute atomic E-state index is 13.7. The highest BCUT2D eigenvalue weighted by molar-refractivity contribution is 6.31. The Kier molecular flexibility index (Phi) is 2.83. The fraction of sp³-hybridized carbons (Fsp3) is 0.0769. The number of aromatic amines is 1. The van der Waals surface area contributed by atoms with Crippen molar-refractivity contribution in [3.63, 3.8) is 0 Å². The molecular weight excluding hydrogens is 269 g/mol. The topological polar surface area (TPSA) is 50.7 Å². The minimum atomic E-state index is -0.388. The van der Waals surface area contributed by atoms with Crippen molar-refractivity contribution in [3.05, 3.63) is 63.4 Å². The molecule has 2 aromatic heterocycles. The Morgan fingerprint density at radius 1 is 1.37 bits per heavy atom. The molecule has 0 radical (unpaired) electrons. The molecule has 1 aromatic carbocycles. The fourth-order valence-corrected chi connectivity index (χ4v) is 2.20. The lowest BCUT2D eigenvalue weighted by molar-refractivity contribution is 0.590. The van der Waals surface area contributed by atoms with E-state index in [2.05, 4.69) is 10.1 Å². The third-order valence-electron chi connectivity index (χ3n) is 2.95. The molecule has 0 aliphatic carbocycles. The van der Waals surface area contributed by atoms with Crippen LogP contribution in [-0.2, 0) is 6.54 Å². The van der Waals surface area contributed by atoms with E-state index in [1.54, 1.807) is 22.9 Å². The zero-order valence-corrected chi connectivity index (χ0v) is 10.5. The lowest BCUT2D eigenvalue weighted by Gasteiger charge is -2.07. The van der Waals surface area contributed by atoms with Crippen molar-refractivity contribution in [1.29, 1.82) is 0 Å². The molecule has 96 valence electrons. The molecule has 3 rings (SSSR count). The van der Waals surface area contributed by atoms with Crippen LogP contribution in [0.25, 0.3) is 10.9 Å². The molecular formula is C13H9ClFN3O. The first-order valence-corrected chi connectivity index (χ1v) is 6.01. The number of nitrogens with one attached hydrogen (secondary N) is 1. The minimum absolute atomic E-state index is 0.179. The molecule has 0 aliphatic rings. The van der Waals surface area contributed by atoms with E-state index in [0.29, 0.717) is 21.5 Å². The van der Waals surface area contributed by atoms with Crippen molar-refractivity contribution >= 4 is 22.5 Å². The maximum atomic E-state index is 13.7. The highest BCUT2D eigenvalue weighted by atomic mass is 35.5. The van der Waals surface area contributed by atoms with Crippen molar-refractivity contribution in [2.24, 2.45) is 0 Å². The summed E-state index contributed by atoms with van der Waals surface area (Å²) in [5, 5.41) is 4.91. The van der Waals surface area contributed by atoms with Gasteiger partial charge >= 0.3 is 0 Å². The number of hydrogen-bond donors (Lipinski definition) is 1. The van der Waals surface area contributed by atoms with Crippen LogP contribution >= 0.6 is 11.6 Å². The summed E-state index contributed by atoms with van der Waals surface area (Å²) in [6.07, 6.45) is 2.99. The average molecular weight is 278 g/mol. The molecule has 3 aromatic rings. The monoisotopic (exact) mass is 277 g/mol. The number of aromatic nitrogens is 3. The van der Waals surface area contributed by atoms with Crippen molar-refractivity contribution in [2.45, 2.75) is 6.54 Å².